The summed E-state index contributed by atoms with van der Waals surface area (Å²) in [6, 6.07) is 2.22. The first kappa shape index (κ1) is 9.51. The summed E-state index contributed by atoms with van der Waals surface area (Å²) >= 11 is 0. The number of aromatic nitrogens is 1. The lowest BCUT2D eigenvalue weighted by atomic mass is 10.2. The Morgan fingerprint density at radius 1 is 1.54 bits per heavy atom. The van der Waals surface area contributed by atoms with E-state index in [0.717, 1.165) is 5.56 Å². The molecule has 0 amide bonds. The van der Waals surface area contributed by atoms with Gasteiger partial charge in [-0.05, 0) is 19.4 Å². The highest BCUT2D eigenvalue weighted by atomic mass is 16.4. The van der Waals surface area contributed by atoms with E-state index in [1.165, 1.54) is 17.6 Å². The number of hydrogen-bond donors (Lipinski definition) is 1. The van der Waals surface area contributed by atoms with Crippen molar-refractivity contribution in [3.63, 3.8) is 0 Å². The Bertz CT molecular complexity index is 381. The van der Waals surface area contributed by atoms with Crippen LogP contribution < -0.4 is 5.56 Å². The standard InChI is InChI=1S/C9H11NO3/c1-6-3-4-8(11)10(5-6)7(2)9(12)13/h3-5,7H,1-2H3,(H,12,13). The minimum atomic E-state index is -1.01. The Morgan fingerprint density at radius 2 is 2.15 bits per heavy atom. The molecule has 13 heavy (non-hydrogen) atoms. The van der Waals surface area contributed by atoms with Crippen LogP contribution in [0, 0.1) is 6.92 Å². The SMILES string of the molecule is Cc1ccc(=O)n(C(C)C(=O)O)c1. The van der Waals surface area contributed by atoms with E-state index in [4.69, 9.17) is 5.11 Å². The summed E-state index contributed by atoms with van der Waals surface area (Å²) in [7, 11) is 0. The molecule has 0 aliphatic heterocycles. The highest BCUT2D eigenvalue weighted by molar-refractivity contribution is 5.71. The Kier molecular flexibility index (Phi) is 2.51. The Labute approximate surface area is 75.4 Å². The quantitative estimate of drug-likeness (QED) is 0.734. The van der Waals surface area contributed by atoms with Crippen molar-refractivity contribution in [1.82, 2.24) is 4.57 Å². The van der Waals surface area contributed by atoms with Crippen LogP contribution in [0.1, 0.15) is 18.5 Å². The molecule has 1 aromatic rings. The van der Waals surface area contributed by atoms with Crippen molar-refractivity contribution < 1.29 is 9.90 Å². The summed E-state index contributed by atoms with van der Waals surface area (Å²) in [6.07, 6.45) is 1.54. The summed E-state index contributed by atoms with van der Waals surface area (Å²) in [5.41, 5.74) is 0.577. The topological polar surface area (TPSA) is 59.3 Å². The maximum Gasteiger partial charge on any atom is 0.326 e. The normalized spacial score (nSPS) is 12.5. The van der Waals surface area contributed by atoms with Gasteiger partial charge in [0.05, 0.1) is 0 Å². The molecule has 0 aromatic carbocycles. The molecule has 0 bridgehead atoms. The lowest BCUT2D eigenvalue weighted by Crippen LogP contribution is -2.27. The monoisotopic (exact) mass is 181 g/mol. The zero-order valence-corrected chi connectivity index (χ0v) is 7.52. The van der Waals surface area contributed by atoms with E-state index in [1.54, 1.807) is 12.3 Å². The lowest BCUT2D eigenvalue weighted by molar-refractivity contribution is -0.140. The van der Waals surface area contributed by atoms with Crippen molar-refractivity contribution in [3.8, 4) is 0 Å². The first-order valence-electron chi connectivity index (χ1n) is 3.94. The van der Waals surface area contributed by atoms with Crippen LogP contribution in [-0.4, -0.2) is 15.6 Å². The van der Waals surface area contributed by atoms with Crippen LogP contribution in [0.4, 0.5) is 0 Å². The molecule has 1 atom stereocenters. The summed E-state index contributed by atoms with van der Waals surface area (Å²) < 4.78 is 1.21. The number of aliphatic carboxylic acids is 1. The van der Waals surface area contributed by atoms with Gasteiger partial charge in [-0.25, -0.2) is 4.79 Å². The highest BCUT2D eigenvalue weighted by Crippen LogP contribution is 2.03. The van der Waals surface area contributed by atoms with Crippen molar-refractivity contribution in [2.45, 2.75) is 19.9 Å². The third kappa shape index (κ3) is 1.96. The predicted molar refractivity (Wildman–Crippen MR) is 47.8 cm³/mol. The fourth-order valence-corrected chi connectivity index (χ4v) is 1.04. The van der Waals surface area contributed by atoms with E-state index < -0.39 is 12.0 Å². The van der Waals surface area contributed by atoms with Crippen molar-refractivity contribution >= 4 is 5.97 Å². The van der Waals surface area contributed by atoms with Crippen LogP contribution in [0.25, 0.3) is 0 Å². The minimum absolute atomic E-state index is 0.291. The summed E-state index contributed by atoms with van der Waals surface area (Å²) in [5, 5.41) is 8.69. The van der Waals surface area contributed by atoms with Gasteiger partial charge in [-0.1, -0.05) is 6.07 Å². The molecule has 0 fully saturated rings. The smallest absolute Gasteiger partial charge is 0.326 e. The number of carbonyl (C=O) groups is 1. The zero-order valence-electron chi connectivity index (χ0n) is 7.52. The van der Waals surface area contributed by atoms with Crippen molar-refractivity contribution in [2.75, 3.05) is 0 Å². The average molecular weight is 181 g/mol. The number of aryl methyl sites for hydroxylation is 1. The molecule has 0 radical (unpaired) electrons. The molecule has 1 heterocycles. The predicted octanol–water partition coefficient (Wildman–Crippen LogP) is 0.802. The van der Waals surface area contributed by atoms with Gasteiger partial charge in [0.2, 0.25) is 0 Å². The molecule has 1 unspecified atom stereocenters. The van der Waals surface area contributed by atoms with Crippen LogP contribution in [-0.2, 0) is 4.79 Å². The van der Waals surface area contributed by atoms with Gasteiger partial charge in [-0.15, -0.1) is 0 Å². The highest BCUT2D eigenvalue weighted by Gasteiger charge is 2.13. The van der Waals surface area contributed by atoms with Gasteiger partial charge in [-0.3, -0.25) is 4.79 Å². The van der Waals surface area contributed by atoms with Crippen molar-refractivity contribution in [1.29, 1.82) is 0 Å². The molecule has 0 spiro atoms. The van der Waals surface area contributed by atoms with Crippen LogP contribution in [0.2, 0.25) is 0 Å². The van der Waals surface area contributed by atoms with Crippen LogP contribution >= 0.6 is 0 Å². The second kappa shape index (κ2) is 3.43. The van der Waals surface area contributed by atoms with E-state index in [0.29, 0.717) is 0 Å². The van der Waals surface area contributed by atoms with Gasteiger partial charge >= 0.3 is 5.97 Å². The van der Waals surface area contributed by atoms with Crippen molar-refractivity contribution in [3.05, 3.63) is 34.2 Å². The fourth-order valence-electron chi connectivity index (χ4n) is 1.04. The van der Waals surface area contributed by atoms with Gasteiger partial charge in [-0.2, -0.15) is 0 Å². The third-order valence-corrected chi connectivity index (χ3v) is 1.86. The van der Waals surface area contributed by atoms with E-state index in [9.17, 15) is 9.59 Å². The van der Waals surface area contributed by atoms with Gasteiger partial charge in [0.25, 0.3) is 5.56 Å². The van der Waals surface area contributed by atoms with Gasteiger partial charge in [0.1, 0.15) is 6.04 Å². The first-order valence-corrected chi connectivity index (χ1v) is 3.94. The maximum atomic E-state index is 11.2. The average Bonchev–Trinajstić information content (AvgIpc) is 2.08. The van der Waals surface area contributed by atoms with Gasteiger partial charge in [0.15, 0.2) is 0 Å². The third-order valence-electron chi connectivity index (χ3n) is 1.86. The molecule has 1 aromatic heterocycles. The van der Waals surface area contributed by atoms with Crippen LogP contribution in [0.3, 0.4) is 0 Å². The largest absolute Gasteiger partial charge is 0.480 e. The maximum absolute atomic E-state index is 11.2. The Morgan fingerprint density at radius 3 is 2.69 bits per heavy atom. The summed E-state index contributed by atoms with van der Waals surface area (Å²) in [4.78, 5) is 21.8. The second-order valence-corrected chi connectivity index (χ2v) is 2.97. The molecule has 4 nitrogen and oxygen atoms in total. The van der Waals surface area contributed by atoms with Crippen molar-refractivity contribution in [2.24, 2.45) is 0 Å². The molecule has 0 saturated carbocycles. The van der Waals surface area contributed by atoms with Gasteiger partial charge < -0.3 is 9.67 Å². The molecular weight excluding hydrogens is 170 g/mol. The first-order chi connectivity index (χ1) is 6.02. The van der Waals surface area contributed by atoms with E-state index in [1.807, 2.05) is 6.92 Å². The van der Waals surface area contributed by atoms with E-state index >= 15 is 0 Å². The summed E-state index contributed by atoms with van der Waals surface area (Å²) in [5.74, 6) is -1.01. The van der Waals surface area contributed by atoms with Gasteiger partial charge in [0, 0.05) is 12.3 Å². The molecular formula is C9H11NO3. The molecule has 0 aliphatic carbocycles. The number of hydrogen-bond acceptors (Lipinski definition) is 2. The second-order valence-electron chi connectivity index (χ2n) is 2.97. The van der Waals surface area contributed by atoms with E-state index in [-0.39, 0.29) is 5.56 Å². The molecule has 1 rings (SSSR count). The molecule has 0 aliphatic rings. The number of rotatable bonds is 2. The van der Waals surface area contributed by atoms with Crippen LogP contribution in [0.5, 0.6) is 0 Å². The number of carboxylic acids is 1. The molecule has 70 valence electrons. The lowest BCUT2D eigenvalue weighted by Gasteiger charge is -2.10. The number of pyridine rings is 1. The molecule has 4 heteroatoms. The molecule has 0 saturated heterocycles. The zero-order chi connectivity index (χ0) is 10.0. The van der Waals surface area contributed by atoms with Crippen LogP contribution in [0.15, 0.2) is 23.1 Å². The Balaban J connectivity index is 3.21. The number of nitrogens with zero attached hydrogens (tertiary/aromatic N) is 1. The minimum Gasteiger partial charge on any atom is -0.480 e. The summed E-state index contributed by atoms with van der Waals surface area (Å²) in [6.45, 7) is 3.29. The number of carboxylic acid groups (broad SMARTS) is 1. The van der Waals surface area contributed by atoms with E-state index in [2.05, 4.69) is 0 Å². The fraction of sp³-hybridized carbons (Fsp3) is 0.333. The molecule has 1 N–H and O–H groups in total. The Hall–Kier alpha value is -1.58.